The van der Waals surface area contributed by atoms with Crippen molar-refractivity contribution in [2.75, 3.05) is 17.8 Å². The Morgan fingerprint density at radius 1 is 1.39 bits per heavy atom. The van der Waals surface area contributed by atoms with Crippen molar-refractivity contribution in [3.63, 3.8) is 0 Å². The lowest BCUT2D eigenvalue weighted by Gasteiger charge is -2.22. The van der Waals surface area contributed by atoms with Gasteiger partial charge in [-0.1, -0.05) is 19.1 Å². The molecule has 0 aliphatic rings. The Morgan fingerprint density at radius 3 is 2.56 bits per heavy atom. The normalized spacial score (nSPS) is 10.5. The van der Waals surface area contributed by atoms with Gasteiger partial charge in [0, 0.05) is 23.9 Å². The van der Waals surface area contributed by atoms with Gasteiger partial charge in [0.05, 0.1) is 5.69 Å². The fraction of sp³-hybridized carbons (Fsp3) is 0.500. The molecule has 100 valence electrons. The Kier molecular flexibility index (Phi) is 5.63. The summed E-state index contributed by atoms with van der Waals surface area (Å²) < 4.78 is 6.86. The molecule has 0 heterocycles. The second-order valence-electron chi connectivity index (χ2n) is 4.15. The molecule has 1 aromatic rings. The molecule has 18 heavy (non-hydrogen) atoms. The predicted molar refractivity (Wildman–Crippen MR) is 75.4 cm³/mol. The van der Waals surface area contributed by atoms with Gasteiger partial charge in [-0.2, -0.15) is 0 Å². The van der Waals surface area contributed by atoms with Crippen molar-refractivity contribution in [1.82, 2.24) is 0 Å². The minimum atomic E-state index is 0.0644. The summed E-state index contributed by atoms with van der Waals surface area (Å²) in [7, 11) is 0. The van der Waals surface area contributed by atoms with Crippen molar-refractivity contribution in [2.24, 2.45) is 0 Å². The van der Waals surface area contributed by atoms with Crippen LogP contribution in [0, 0.1) is 6.92 Å². The fourth-order valence-electron chi connectivity index (χ4n) is 2.01. The molecule has 0 saturated heterocycles. The minimum absolute atomic E-state index is 0.0644. The fourth-order valence-corrected chi connectivity index (χ4v) is 2.32. The van der Waals surface area contributed by atoms with Crippen LogP contribution in [0.2, 0.25) is 0 Å². The average Bonchev–Trinajstić information content (AvgIpc) is 2.34. The lowest BCUT2D eigenvalue weighted by atomic mass is 9.97. The highest BCUT2D eigenvalue weighted by molar-refractivity contribution is 6.26. The van der Waals surface area contributed by atoms with Crippen molar-refractivity contribution in [1.29, 1.82) is 0 Å². The van der Waals surface area contributed by atoms with Gasteiger partial charge < -0.3 is 4.74 Å². The molecule has 0 amide bonds. The molecule has 0 N–H and O–H groups in total. The molecular weight excluding hydrogens is 250 g/mol. The Balaban J connectivity index is 3.22. The van der Waals surface area contributed by atoms with Gasteiger partial charge in [0.2, 0.25) is 0 Å². The summed E-state index contributed by atoms with van der Waals surface area (Å²) in [5.74, 6) is 0.0644. The van der Waals surface area contributed by atoms with E-state index in [-0.39, 0.29) is 5.78 Å². The molecule has 1 rings (SSSR count). The van der Waals surface area contributed by atoms with Crippen LogP contribution >= 0.6 is 11.8 Å². The third-order valence-corrected chi connectivity index (χ3v) is 3.14. The first kappa shape index (κ1) is 15.0. The van der Waals surface area contributed by atoms with Crippen molar-refractivity contribution in [2.45, 2.75) is 34.1 Å². The van der Waals surface area contributed by atoms with Crippen LogP contribution in [0.3, 0.4) is 0 Å². The Labute approximate surface area is 114 Å². The topological polar surface area (TPSA) is 29.5 Å². The van der Waals surface area contributed by atoms with Crippen molar-refractivity contribution < 1.29 is 9.53 Å². The first-order valence-corrected chi connectivity index (χ1v) is 6.51. The quantitative estimate of drug-likeness (QED) is 0.448. The van der Waals surface area contributed by atoms with Gasteiger partial charge in [-0.05, 0) is 38.3 Å². The zero-order chi connectivity index (χ0) is 13.7. The predicted octanol–water partition coefficient (Wildman–Crippen LogP) is 3.71. The van der Waals surface area contributed by atoms with Gasteiger partial charge in [-0.3, -0.25) is 9.21 Å². The second kappa shape index (κ2) is 6.76. The molecule has 3 nitrogen and oxygen atoms in total. The third-order valence-electron chi connectivity index (χ3n) is 2.87. The summed E-state index contributed by atoms with van der Waals surface area (Å²) in [6, 6.07) is 3.79. The number of anilines is 1. The molecule has 0 saturated carbocycles. The molecule has 0 aliphatic carbocycles. The molecule has 0 bridgehead atoms. The summed E-state index contributed by atoms with van der Waals surface area (Å²) in [4.78, 5) is 11.6. The number of halogens is 1. The van der Waals surface area contributed by atoms with E-state index in [1.54, 1.807) is 11.3 Å². The zero-order valence-electron chi connectivity index (χ0n) is 11.4. The number of hydrogen-bond donors (Lipinski definition) is 0. The summed E-state index contributed by atoms with van der Waals surface area (Å²) in [6.45, 7) is 8.43. The van der Waals surface area contributed by atoms with Gasteiger partial charge in [0.15, 0.2) is 5.78 Å². The van der Waals surface area contributed by atoms with Crippen LogP contribution in [0.15, 0.2) is 12.1 Å². The smallest absolute Gasteiger partial charge is 0.160 e. The van der Waals surface area contributed by atoms with E-state index < -0.39 is 0 Å². The number of benzene rings is 1. The average molecular weight is 270 g/mol. The lowest BCUT2D eigenvalue weighted by Crippen LogP contribution is -2.19. The molecular formula is C14H20ClNO2. The van der Waals surface area contributed by atoms with E-state index >= 15 is 0 Å². The van der Waals surface area contributed by atoms with E-state index in [1.165, 1.54) is 0 Å². The standard InChI is InChI=1S/C14H20ClNO2/c1-5-12-13(11(4)17)8-7-10(3)14(12)16(15)9-18-6-2/h7-8H,5-6,9H2,1-4H3. The van der Waals surface area contributed by atoms with Crippen LogP contribution in [-0.4, -0.2) is 19.1 Å². The number of carbonyl (C=O) groups is 1. The summed E-state index contributed by atoms with van der Waals surface area (Å²) >= 11 is 6.25. The number of Topliss-reactive ketones (excluding diaryl/α,β-unsaturated/α-hetero) is 1. The maximum atomic E-state index is 11.6. The number of nitrogens with zero attached hydrogens (tertiary/aromatic N) is 1. The molecule has 0 fully saturated rings. The van der Waals surface area contributed by atoms with Crippen LogP contribution in [0.1, 0.15) is 42.3 Å². The van der Waals surface area contributed by atoms with Crippen LogP contribution in [0.25, 0.3) is 0 Å². The number of ether oxygens (including phenoxy) is 1. The second-order valence-corrected chi connectivity index (χ2v) is 4.56. The van der Waals surface area contributed by atoms with Crippen molar-refractivity contribution in [3.8, 4) is 0 Å². The first-order chi connectivity index (χ1) is 8.52. The molecule has 0 atom stereocenters. The van der Waals surface area contributed by atoms with E-state index in [2.05, 4.69) is 0 Å². The lowest BCUT2D eigenvalue weighted by molar-refractivity contribution is 0.101. The van der Waals surface area contributed by atoms with Crippen molar-refractivity contribution >= 4 is 23.2 Å². The summed E-state index contributed by atoms with van der Waals surface area (Å²) in [5.41, 5.74) is 3.66. The summed E-state index contributed by atoms with van der Waals surface area (Å²) in [6.07, 6.45) is 0.765. The molecule has 0 aromatic heterocycles. The van der Waals surface area contributed by atoms with Crippen LogP contribution < -0.4 is 4.42 Å². The van der Waals surface area contributed by atoms with Crippen molar-refractivity contribution in [3.05, 3.63) is 28.8 Å². The van der Waals surface area contributed by atoms with Gasteiger partial charge in [-0.25, -0.2) is 0 Å². The third kappa shape index (κ3) is 3.24. The monoisotopic (exact) mass is 269 g/mol. The molecule has 0 aliphatic heterocycles. The van der Waals surface area contributed by atoms with Crippen LogP contribution in [-0.2, 0) is 11.2 Å². The zero-order valence-corrected chi connectivity index (χ0v) is 12.2. The number of rotatable bonds is 6. The molecule has 0 radical (unpaired) electrons. The van der Waals surface area contributed by atoms with E-state index in [4.69, 9.17) is 16.5 Å². The van der Waals surface area contributed by atoms with Gasteiger partial charge in [0.25, 0.3) is 0 Å². The van der Waals surface area contributed by atoms with Gasteiger partial charge in [-0.15, -0.1) is 0 Å². The largest absolute Gasteiger partial charge is 0.360 e. The number of aryl methyl sites for hydroxylation is 1. The molecule has 4 heteroatoms. The van der Waals surface area contributed by atoms with Crippen LogP contribution in [0.5, 0.6) is 0 Å². The molecule has 1 aromatic carbocycles. The Hall–Kier alpha value is -1.06. The first-order valence-electron chi connectivity index (χ1n) is 6.17. The van der Waals surface area contributed by atoms with Crippen LogP contribution in [0.4, 0.5) is 5.69 Å². The highest BCUT2D eigenvalue weighted by atomic mass is 35.5. The number of ketones is 1. The van der Waals surface area contributed by atoms with E-state index in [0.29, 0.717) is 13.3 Å². The Bertz CT molecular complexity index is 432. The van der Waals surface area contributed by atoms with E-state index in [0.717, 1.165) is 28.8 Å². The van der Waals surface area contributed by atoms with E-state index in [1.807, 2.05) is 32.9 Å². The highest BCUT2D eigenvalue weighted by Crippen LogP contribution is 2.30. The minimum Gasteiger partial charge on any atom is -0.360 e. The molecule has 0 unspecified atom stereocenters. The van der Waals surface area contributed by atoms with Gasteiger partial charge in [0.1, 0.15) is 6.73 Å². The maximum Gasteiger partial charge on any atom is 0.160 e. The SMILES string of the molecule is CCOCN(Cl)c1c(C)ccc(C(C)=O)c1CC. The molecule has 0 spiro atoms. The summed E-state index contributed by atoms with van der Waals surface area (Å²) in [5, 5.41) is 0. The number of carbonyl (C=O) groups excluding carboxylic acids is 1. The van der Waals surface area contributed by atoms with E-state index in [9.17, 15) is 4.79 Å². The maximum absolute atomic E-state index is 11.6. The highest BCUT2D eigenvalue weighted by Gasteiger charge is 2.17. The Morgan fingerprint density at radius 2 is 2.06 bits per heavy atom. The number of hydrogen-bond acceptors (Lipinski definition) is 3. The van der Waals surface area contributed by atoms with Gasteiger partial charge >= 0.3 is 0 Å².